The SMILES string of the molecule is COc1ccccc1-c1cc(CN(Cc2ccco2)S(=O)(=O)c2ccc(Cl)c([N+](=O)[O-])c2)no1. The molecule has 34 heavy (non-hydrogen) atoms. The van der Waals surface area contributed by atoms with Crippen LogP contribution in [0.1, 0.15) is 11.5 Å². The first-order valence-electron chi connectivity index (χ1n) is 9.85. The van der Waals surface area contributed by atoms with E-state index in [0.29, 0.717) is 28.5 Å². The molecule has 4 rings (SSSR count). The van der Waals surface area contributed by atoms with Gasteiger partial charge < -0.3 is 13.7 Å². The van der Waals surface area contributed by atoms with Crippen LogP contribution in [0, 0.1) is 10.1 Å². The summed E-state index contributed by atoms with van der Waals surface area (Å²) in [6.45, 7) is -0.319. The van der Waals surface area contributed by atoms with Crippen LogP contribution >= 0.6 is 11.6 Å². The fourth-order valence-corrected chi connectivity index (χ4v) is 4.87. The van der Waals surface area contributed by atoms with E-state index in [4.69, 9.17) is 25.3 Å². The summed E-state index contributed by atoms with van der Waals surface area (Å²) in [6.07, 6.45) is 1.42. The highest BCUT2D eigenvalue weighted by atomic mass is 35.5. The molecule has 2 aromatic heterocycles. The van der Waals surface area contributed by atoms with Gasteiger partial charge >= 0.3 is 0 Å². The third kappa shape index (κ3) is 4.81. The molecule has 176 valence electrons. The molecule has 0 spiro atoms. The van der Waals surface area contributed by atoms with Crippen molar-refractivity contribution in [1.82, 2.24) is 9.46 Å². The summed E-state index contributed by atoms with van der Waals surface area (Å²) in [4.78, 5) is 10.2. The van der Waals surface area contributed by atoms with Crippen molar-refractivity contribution in [2.45, 2.75) is 18.0 Å². The van der Waals surface area contributed by atoms with Gasteiger partial charge in [0.25, 0.3) is 5.69 Å². The van der Waals surface area contributed by atoms with Crippen LogP contribution in [-0.2, 0) is 23.1 Å². The smallest absolute Gasteiger partial charge is 0.289 e. The van der Waals surface area contributed by atoms with Crippen molar-refractivity contribution < 1.29 is 27.0 Å². The van der Waals surface area contributed by atoms with E-state index in [2.05, 4.69) is 5.16 Å². The van der Waals surface area contributed by atoms with Gasteiger partial charge in [0.1, 0.15) is 16.5 Å². The molecule has 0 aliphatic carbocycles. The predicted molar refractivity (Wildman–Crippen MR) is 122 cm³/mol. The first-order chi connectivity index (χ1) is 16.3. The second-order valence-electron chi connectivity index (χ2n) is 7.11. The Bertz CT molecular complexity index is 1420. The molecule has 12 heteroatoms. The molecule has 0 bridgehead atoms. The van der Waals surface area contributed by atoms with Crippen LogP contribution in [0.3, 0.4) is 0 Å². The highest BCUT2D eigenvalue weighted by Crippen LogP contribution is 2.32. The van der Waals surface area contributed by atoms with Crippen molar-refractivity contribution in [3.05, 3.63) is 93.5 Å². The minimum atomic E-state index is -4.21. The van der Waals surface area contributed by atoms with Crippen LogP contribution in [0.2, 0.25) is 5.02 Å². The largest absolute Gasteiger partial charge is 0.496 e. The normalized spacial score (nSPS) is 11.6. The number of methoxy groups -OCH3 is 1. The number of halogens is 1. The van der Waals surface area contributed by atoms with Crippen LogP contribution in [0.25, 0.3) is 11.3 Å². The van der Waals surface area contributed by atoms with Crippen LogP contribution < -0.4 is 4.74 Å². The molecule has 0 atom stereocenters. The second-order valence-corrected chi connectivity index (χ2v) is 9.45. The third-order valence-corrected chi connectivity index (χ3v) is 7.04. The molecule has 0 unspecified atom stereocenters. The number of nitro benzene ring substituents is 1. The quantitative estimate of drug-likeness (QED) is 0.233. The molecule has 2 heterocycles. The molecule has 0 radical (unpaired) electrons. The van der Waals surface area contributed by atoms with E-state index >= 15 is 0 Å². The number of para-hydroxylation sites is 1. The van der Waals surface area contributed by atoms with Crippen LogP contribution in [0.15, 0.2) is 80.8 Å². The lowest BCUT2D eigenvalue weighted by atomic mass is 10.1. The Morgan fingerprint density at radius 1 is 1.12 bits per heavy atom. The summed E-state index contributed by atoms with van der Waals surface area (Å²) in [5.41, 5.74) is 0.456. The third-order valence-electron chi connectivity index (χ3n) is 4.93. The number of aromatic nitrogens is 1. The van der Waals surface area contributed by atoms with Crippen molar-refractivity contribution >= 4 is 27.3 Å². The predicted octanol–water partition coefficient (Wildman–Crippen LogP) is 4.90. The minimum absolute atomic E-state index is 0.136. The van der Waals surface area contributed by atoms with Crippen molar-refractivity contribution in [2.75, 3.05) is 7.11 Å². The number of nitro groups is 1. The van der Waals surface area contributed by atoms with Crippen LogP contribution in [0.4, 0.5) is 5.69 Å². The van der Waals surface area contributed by atoms with Crippen molar-refractivity contribution in [2.24, 2.45) is 0 Å². The summed E-state index contributed by atoms with van der Waals surface area (Å²) >= 11 is 5.85. The Hall–Kier alpha value is -3.67. The maximum Gasteiger partial charge on any atom is 0.289 e. The van der Waals surface area contributed by atoms with Gasteiger partial charge in [-0.2, -0.15) is 4.31 Å². The van der Waals surface area contributed by atoms with Crippen LogP contribution in [-0.4, -0.2) is 29.9 Å². The Balaban J connectivity index is 1.70. The molecular formula is C22H18ClN3O7S. The number of ether oxygens (including phenoxy) is 1. The lowest BCUT2D eigenvalue weighted by Gasteiger charge is -2.20. The van der Waals surface area contributed by atoms with Gasteiger partial charge in [-0.15, -0.1) is 0 Å². The summed E-state index contributed by atoms with van der Waals surface area (Å²) in [6, 6.07) is 15.3. The summed E-state index contributed by atoms with van der Waals surface area (Å²) in [7, 11) is -2.69. The number of sulfonamides is 1. The van der Waals surface area contributed by atoms with E-state index < -0.39 is 20.6 Å². The Kier molecular flexibility index (Phi) is 6.68. The van der Waals surface area contributed by atoms with Crippen molar-refractivity contribution in [3.8, 4) is 17.1 Å². The standard InChI is InChI=1S/C22H18ClN3O7S/c1-31-21-7-3-2-6-18(21)22-11-15(24-33-22)13-25(14-16-5-4-10-32-16)34(29,30)17-8-9-19(23)20(12-17)26(27)28/h2-12H,13-14H2,1H3. The van der Waals surface area contributed by atoms with Gasteiger partial charge in [-0.1, -0.05) is 28.9 Å². The van der Waals surface area contributed by atoms with Crippen molar-refractivity contribution in [3.63, 3.8) is 0 Å². The lowest BCUT2D eigenvalue weighted by molar-refractivity contribution is -0.384. The second kappa shape index (κ2) is 9.67. The van der Waals surface area contributed by atoms with E-state index in [1.165, 1.54) is 25.5 Å². The first-order valence-corrected chi connectivity index (χ1v) is 11.7. The fraction of sp³-hybridized carbons (Fsp3) is 0.136. The topological polar surface area (TPSA) is 129 Å². The lowest BCUT2D eigenvalue weighted by Crippen LogP contribution is -2.30. The number of hydrogen-bond acceptors (Lipinski definition) is 8. The Morgan fingerprint density at radius 2 is 1.91 bits per heavy atom. The van der Waals surface area contributed by atoms with Gasteiger partial charge in [0.15, 0.2) is 5.76 Å². The summed E-state index contributed by atoms with van der Waals surface area (Å²) < 4.78 is 44.1. The molecular weight excluding hydrogens is 486 g/mol. The molecule has 0 saturated carbocycles. The average Bonchev–Trinajstić information content (AvgIpc) is 3.51. The fourth-order valence-electron chi connectivity index (χ4n) is 3.29. The van der Waals surface area contributed by atoms with E-state index in [1.807, 2.05) is 6.07 Å². The van der Waals surface area contributed by atoms with Gasteiger partial charge in [-0.05, 0) is 36.4 Å². The number of benzene rings is 2. The molecule has 4 aromatic rings. The molecule has 10 nitrogen and oxygen atoms in total. The maximum absolute atomic E-state index is 13.5. The molecule has 0 amide bonds. The zero-order valence-electron chi connectivity index (χ0n) is 17.8. The number of nitrogens with zero attached hydrogens (tertiary/aromatic N) is 3. The monoisotopic (exact) mass is 503 g/mol. The molecule has 0 N–H and O–H groups in total. The molecule has 0 aliphatic rings. The zero-order valence-corrected chi connectivity index (χ0v) is 19.3. The van der Waals surface area contributed by atoms with E-state index in [9.17, 15) is 18.5 Å². The van der Waals surface area contributed by atoms with Crippen LogP contribution in [0.5, 0.6) is 5.75 Å². The number of rotatable bonds is 9. The molecule has 0 aliphatic heterocycles. The van der Waals surface area contributed by atoms with E-state index in [0.717, 1.165) is 10.4 Å². The highest BCUT2D eigenvalue weighted by Gasteiger charge is 2.29. The van der Waals surface area contributed by atoms with E-state index in [-0.39, 0.29) is 23.0 Å². The molecule has 0 fully saturated rings. The van der Waals surface area contributed by atoms with Gasteiger partial charge in [0.05, 0.1) is 47.5 Å². The maximum atomic E-state index is 13.5. The van der Waals surface area contributed by atoms with Gasteiger partial charge in [0.2, 0.25) is 10.0 Å². The Labute approximate surface area is 199 Å². The van der Waals surface area contributed by atoms with E-state index in [1.54, 1.807) is 36.4 Å². The summed E-state index contributed by atoms with van der Waals surface area (Å²) in [5.74, 6) is 1.34. The summed E-state index contributed by atoms with van der Waals surface area (Å²) in [5, 5.41) is 15.1. The van der Waals surface area contributed by atoms with Crippen molar-refractivity contribution in [1.29, 1.82) is 0 Å². The molecule has 2 aromatic carbocycles. The molecule has 0 saturated heterocycles. The zero-order chi connectivity index (χ0) is 24.3. The average molecular weight is 504 g/mol. The van der Waals surface area contributed by atoms with Gasteiger partial charge in [-0.3, -0.25) is 10.1 Å². The number of furan rings is 1. The first kappa shape index (κ1) is 23.5. The Morgan fingerprint density at radius 3 is 2.62 bits per heavy atom. The minimum Gasteiger partial charge on any atom is -0.496 e. The van der Waals surface area contributed by atoms with Gasteiger partial charge in [-0.25, -0.2) is 8.42 Å². The van der Waals surface area contributed by atoms with Gasteiger partial charge in [0, 0.05) is 12.1 Å². The number of hydrogen-bond donors (Lipinski definition) is 0. The highest BCUT2D eigenvalue weighted by molar-refractivity contribution is 7.89.